The summed E-state index contributed by atoms with van der Waals surface area (Å²) in [5.74, 6) is 2.89. The molecule has 0 N–H and O–H groups in total. The van der Waals surface area contributed by atoms with Gasteiger partial charge in [-0.3, -0.25) is 9.36 Å². The maximum Gasteiger partial charge on any atom is 0.262 e. The SMILES string of the molecule is COc1ccc2c(c1)CC[C@@H]1[C@@H]2CC[C@]2(C)c3c(sc4ncn(CCCc5ccccc5)c(=O)c34)C[C@@H]12. The van der Waals surface area contributed by atoms with Gasteiger partial charge in [0.1, 0.15) is 10.6 Å². The quantitative estimate of drug-likeness (QED) is 0.301. The Labute approximate surface area is 222 Å². The summed E-state index contributed by atoms with van der Waals surface area (Å²) in [6, 6.07) is 17.2. The number of aromatic nitrogens is 2. The van der Waals surface area contributed by atoms with E-state index >= 15 is 0 Å². The van der Waals surface area contributed by atoms with Crippen molar-refractivity contribution in [3.63, 3.8) is 0 Å². The van der Waals surface area contributed by atoms with E-state index in [1.54, 1.807) is 30.3 Å². The van der Waals surface area contributed by atoms with Gasteiger partial charge in [0.2, 0.25) is 0 Å². The summed E-state index contributed by atoms with van der Waals surface area (Å²) >= 11 is 1.78. The van der Waals surface area contributed by atoms with E-state index in [1.165, 1.54) is 34.4 Å². The zero-order chi connectivity index (χ0) is 25.1. The molecule has 0 spiro atoms. The lowest BCUT2D eigenvalue weighted by molar-refractivity contribution is 0.106. The third-order valence-electron chi connectivity index (χ3n) is 9.76. The molecule has 2 aromatic carbocycles. The Morgan fingerprint density at radius 1 is 1.16 bits per heavy atom. The summed E-state index contributed by atoms with van der Waals surface area (Å²) in [6.45, 7) is 3.17. The minimum Gasteiger partial charge on any atom is -0.497 e. The number of rotatable bonds is 5. The first-order valence-corrected chi connectivity index (χ1v) is 14.6. The molecular weight excluding hydrogens is 476 g/mol. The summed E-state index contributed by atoms with van der Waals surface area (Å²) in [5, 5.41) is 0.923. The Morgan fingerprint density at radius 2 is 2.03 bits per heavy atom. The molecule has 0 bridgehead atoms. The van der Waals surface area contributed by atoms with Crippen molar-refractivity contribution in [3.05, 3.63) is 92.3 Å². The highest BCUT2D eigenvalue weighted by atomic mass is 32.1. The number of hydrogen-bond acceptors (Lipinski definition) is 4. The predicted molar refractivity (Wildman–Crippen MR) is 150 cm³/mol. The molecular formula is C32H34N2O2S. The molecule has 7 rings (SSSR count). The van der Waals surface area contributed by atoms with E-state index in [4.69, 9.17) is 9.72 Å². The van der Waals surface area contributed by atoms with Gasteiger partial charge >= 0.3 is 0 Å². The van der Waals surface area contributed by atoms with Crippen LogP contribution in [0.25, 0.3) is 10.2 Å². The number of benzene rings is 2. The van der Waals surface area contributed by atoms with Gasteiger partial charge in [0.15, 0.2) is 0 Å². The first-order valence-electron chi connectivity index (χ1n) is 13.8. The number of ether oxygens (including phenoxy) is 1. The molecule has 37 heavy (non-hydrogen) atoms. The third-order valence-corrected chi connectivity index (χ3v) is 10.9. The van der Waals surface area contributed by atoms with Crippen molar-refractivity contribution in [1.82, 2.24) is 9.55 Å². The van der Waals surface area contributed by atoms with E-state index in [2.05, 4.69) is 49.4 Å². The summed E-state index contributed by atoms with van der Waals surface area (Å²) in [6.07, 6.45) is 9.51. The fourth-order valence-electron chi connectivity index (χ4n) is 7.97. The molecule has 1 saturated carbocycles. The van der Waals surface area contributed by atoms with Crippen LogP contribution < -0.4 is 10.3 Å². The largest absolute Gasteiger partial charge is 0.497 e. The van der Waals surface area contributed by atoms with Crippen molar-refractivity contribution in [2.45, 2.75) is 69.7 Å². The Morgan fingerprint density at radius 3 is 2.86 bits per heavy atom. The number of hydrogen-bond donors (Lipinski definition) is 0. The van der Waals surface area contributed by atoms with Crippen LogP contribution in [-0.2, 0) is 31.2 Å². The van der Waals surface area contributed by atoms with Gasteiger partial charge in [-0.15, -0.1) is 11.3 Å². The Balaban J connectivity index is 1.19. The minimum atomic E-state index is 0.0722. The highest BCUT2D eigenvalue weighted by molar-refractivity contribution is 7.18. The average molecular weight is 511 g/mol. The van der Waals surface area contributed by atoms with Crippen molar-refractivity contribution >= 4 is 21.6 Å². The molecule has 2 heterocycles. The number of fused-ring (bicyclic) bond motifs is 9. The van der Waals surface area contributed by atoms with E-state index in [9.17, 15) is 4.79 Å². The van der Waals surface area contributed by atoms with Crippen LogP contribution in [0.4, 0.5) is 0 Å². The fraction of sp³-hybridized carbons (Fsp3) is 0.438. The van der Waals surface area contributed by atoms with Gasteiger partial charge < -0.3 is 4.74 Å². The van der Waals surface area contributed by atoms with Crippen LogP contribution in [0, 0.1) is 11.8 Å². The minimum absolute atomic E-state index is 0.0722. The zero-order valence-corrected chi connectivity index (χ0v) is 22.5. The highest BCUT2D eigenvalue weighted by Crippen LogP contribution is 2.62. The summed E-state index contributed by atoms with van der Waals surface area (Å²) in [4.78, 5) is 21.0. The lowest BCUT2D eigenvalue weighted by Gasteiger charge is -2.49. The normalized spacial score (nSPS) is 25.8. The molecule has 190 valence electrons. The van der Waals surface area contributed by atoms with Crippen molar-refractivity contribution in [2.75, 3.05) is 7.11 Å². The van der Waals surface area contributed by atoms with Crippen LogP contribution >= 0.6 is 11.3 Å². The number of nitrogens with zero attached hydrogens (tertiary/aromatic N) is 2. The molecule has 0 aliphatic heterocycles. The van der Waals surface area contributed by atoms with Crippen LogP contribution in [0.5, 0.6) is 5.75 Å². The summed E-state index contributed by atoms with van der Waals surface area (Å²) < 4.78 is 7.37. The second-order valence-corrected chi connectivity index (χ2v) is 12.6. The Bertz CT molecular complexity index is 1540. The molecule has 3 aliphatic carbocycles. The zero-order valence-electron chi connectivity index (χ0n) is 21.7. The van der Waals surface area contributed by atoms with E-state index in [0.29, 0.717) is 24.3 Å². The van der Waals surface area contributed by atoms with Gasteiger partial charge in [-0.25, -0.2) is 4.98 Å². The van der Waals surface area contributed by atoms with Gasteiger partial charge in [-0.05, 0) is 103 Å². The molecule has 3 aliphatic rings. The lowest BCUT2D eigenvalue weighted by Crippen LogP contribution is -2.43. The molecule has 4 nitrogen and oxygen atoms in total. The van der Waals surface area contributed by atoms with Crippen LogP contribution in [0.15, 0.2) is 59.7 Å². The molecule has 0 unspecified atom stereocenters. The van der Waals surface area contributed by atoms with Crippen molar-refractivity contribution in [3.8, 4) is 5.75 Å². The molecule has 0 saturated heterocycles. The average Bonchev–Trinajstić information content (AvgIpc) is 3.44. The Hall–Kier alpha value is -2.92. The third kappa shape index (κ3) is 3.61. The van der Waals surface area contributed by atoms with Crippen molar-refractivity contribution < 1.29 is 4.74 Å². The topological polar surface area (TPSA) is 44.1 Å². The fourth-order valence-corrected chi connectivity index (χ4v) is 9.30. The molecule has 4 atom stereocenters. The summed E-state index contributed by atoms with van der Waals surface area (Å²) in [7, 11) is 1.76. The van der Waals surface area contributed by atoms with Gasteiger partial charge in [0.25, 0.3) is 5.56 Å². The van der Waals surface area contributed by atoms with E-state index in [-0.39, 0.29) is 11.0 Å². The van der Waals surface area contributed by atoms with E-state index in [1.807, 2.05) is 10.6 Å². The van der Waals surface area contributed by atoms with Crippen LogP contribution in [0.1, 0.15) is 65.7 Å². The maximum absolute atomic E-state index is 13.8. The second-order valence-electron chi connectivity index (χ2n) is 11.6. The lowest BCUT2D eigenvalue weighted by atomic mass is 9.55. The highest BCUT2D eigenvalue weighted by Gasteiger charge is 2.54. The van der Waals surface area contributed by atoms with Crippen LogP contribution in [0.3, 0.4) is 0 Å². The standard InChI is InChI=1S/C32H34N2O2S/c1-32-15-14-24-23-13-11-22(36-2)17-21(23)10-12-25(24)26(32)18-27-29(32)28-30(37-27)33-19-34(31(28)35)16-6-9-20-7-4-3-5-8-20/h3-5,7-8,11,13,17,19,24-26H,6,9-10,12,14-16,18H2,1-2H3/t24-,25-,26+,32+/m1/s1. The molecule has 1 fully saturated rings. The predicted octanol–water partition coefficient (Wildman–Crippen LogP) is 6.67. The smallest absolute Gasteiger partial charge is 0.262 e. The molecule has 5 heteroatoms. The summed E-state index contributed by atoms with van der Waals surface area (Å²) in [5.41, 5.74) is 5.93. The van der Waals surface area contributed by atoms with Gasteiger partial charge in [0.05, 0.1) is 18.8 Å². The number of thiophene rings is 1. The molecule has 4 aromatic rings. The first-order chi connectivity index (χ1) is 18.1. The molecule has 0 amide bonds. The first kappa shape index (κ1) is 23.2. The van der Waals surface area contributed by atoms with Crippen LogP contribution in [-0.4, -0.2) is 16.7 Å². The van der Waals surface area contributed by atoms with Gasteiger partial charge in [-0.1, -0.05) is 43.3 Å². The van der Waals surface area contributed by atoms with Gasteiger partial charge in [-0.2, -0.15) is 0 Å². The molecule has 2 aromatic heterocycles. The van der Waals surface area contributed by atoms with Gasteiger partial charge in [0, 0.05) is 11.4 Å². The Kier molecular flexibility index (Phi) is 5.54. The second kappa shape index (κ2) is 8.83. The molecule has 0 radical (unpaired) electrons. The van der Waals surface area contributed by atoms with Crippen LogP contribution in [0.2, 0.25) is 0 Å². The number of methoxy groups -OCH3 is 1. The number of aryl methyl sites for hydroxylation is 3. The van der Waals surface area contributed by atoms with Crippen molar-refractivity contribution in [2.24, 2.45) is 11.8 Å². The van der Waals surface area contributed by atoms with E-state index < -0.39 is 0 Å². The maximum atomic E-state index is 13.8. The van der Waals surface area contributed by atoms with Crippen molar-refractivity contribution in [1.29, 1.82) is 0 Å². The monoisotopic (exact) mass is 510 g/mol. The van der Waals surface area contributed by atoms with E-state index in [0.717, 1.165) is 48.1 Å².